The van der Waals surface area contributed by atoms with Gasteiger partial charge in [-0.05, 0) is 31.0 Å². The SMILES string of the molecule is CCCCCCCCCOc1ccc(C2NC(=O)NC(C)=C2C(=O)OC)c(Cl)c1. The van der Waals surface area contributed by atoms with Crippen molar-refractivity contribution in [1.82, 2.24) is 10.6 Å². The van der Waals surface area contributed by atoms with E-state index in [0.29, 0.717) is 34.2 Å². The topological polar surface area (TPSA) is 76.7 Å². The van der Waals surface area contributed by atoms with Gasteiger partial charge in [-0.3, -0.25) is 0 Å². The molecule has 1 aliphatic heterocycles. The van der Waals surface area contributed by atoms with E-state index in [1.165, 1.54) is 39.2 Å². The number of carbonyl (C=O) groups is 2. The molecular weight excluding hydrogens is 392 g/mol. The largest absolute Gasteiger partial charge is 0.494 e. The summed E-state index contributed by atoms with van der Waals surface area (Å²) < 4.78 is 10.7. The average molecular weight is 423 g/mol. The average Bonchev–Trinajstić information content (AvgIpc) is 2.69. The monoisotopic (exact) mass is 422 g/mol. The Balaban J connectivity index is 1.97. The summed E-state index contributed by atoms with van der Waals surface area (Å²) in [7, 11) is 1.30. The third-order valence-electron chi connectivity index (χ3n) is 4.97. The van der Waals surface area contributed by atoms with Crippen molar-refractivity contribution in [3.8, 4) is 5.75 Å². The van der Waals surface area contributed by atoms with Gasteiger partial charge in [0, 0.05) is 10.7 Å². The number of carbonyl (C=O) groups excluding carboxylic acids is 2. The number of urea groups is 1. The van der Waals surface area contributed by atoms with Gasteiger partial charge in [0.05, 0.1) is 25.3 Å². The second-order valence-corrected chi connectivity index (χ2v) is 7.62. The van der Waals surface area contributed by atoms with E-state index in [1.54, 1.807) is 25.1 Å². The van der Waals surface area contributed by atoms with Crippen LogP contribution in [0.15, 0.2) is 29.5 Å². The van der Waals surface area contributed by atoms with Crippen molar-refractivity contribution >= 4 is 23.6 Å². The van der Waals surface area contributed by atoms with E-state index in [-0.39, 0.29) is 0 Å². The van der Waals surface area contributed by atoms with E-state index in [4.69, 9.17) is 21.1 Å². The Morgan fingerprint density at radius 3 is 2.48 bits per heavy atom. The molecule has 2 amide bonds. The van der Waals surface area contributed by atoms with Crippen LogP contribution in [-0.2, 0) is 9.53 Å². The summed E-state index contributed by atoms with van der Waals surface area (Å²) in [4.78, 5) is 24.1. The Hall–Kier alpha value is -2.21. The minimum Gasteiger partial charge on any atom is -0.494 e. The summed E-state index contributed by atoms with van der Waals surface area (Å²) in [6, 6.07) is 4.23. The number of esters is 1. The molecular formula is C22H31ClN2O4. The highest BCUT2D eigenvalue weighted by molar-refractivity contribution is 6.31. The van der Waals surface area contributed by atoms with Crippen LogP contribution in [-0.4, -0.2) is 25.7 Å². The van der Waals surface area contributed by atoms with Crippen LogP contribution in [0.2, 0.25) is 5.02 Å². The lowest BCUT2D eigenvalue weighted by Gasteiger charge is -2.28. The molecule has 0 radical (unpaired) electrons. The second-order valence-electron chi connectivity index (χ2n) is 7.21. The molecule has 6 nitrogen and oxygen atoms in total. The van der Waals surface area contributed by atoms with Crippen LogP contribution in [0.3, 0.4) is 0 Å². The zero-order valence-corrected chi connectivity index (χ0v) is 18.2. The minimum atomic E-state index is -0.680. The molecule has 0 fully saturated rings. The van der Waals surface area contributed by atoms with Gasteiger partial charge in [0.2, 0.25) is 0 Å². The van der Waals surface area contributed by atoms with Crippen molar-refractivity contribution in [2.24, 2.45) is 0 Å². The fraction of sp³-hybridized carbons (Fsp3) is 0.545. The number of ether oxygens (including phenoxy) is 2. The van der Waals surface area contributed by atoms with Crippen LogP contribution in [0, 0.1) is 0 Å². The lowest BCUT2D eigenvalue weighted by atomic mass is 9.95. The highest BCUT2D eigenvalue weighted by Crippen LogP contribution is 2.34. The van der Waals surface area contributed by atoms with E-state index in [0.717, 1.165) is 12.8 Å². The van der Waals surface area contributed by atoms with Gasteiger partial charge >= 0.3 is 12.0 Å². The third kappa shape index (κ3) is 6.67. The normalized spacial score (nSPS) is 16.3. The molecule has 0 spiro atoms. The molecule has 1 unspecified atom stereocenters. The van der Waals surface area contributed by atoms with Crippen molar-refractivity contribution in [2.75, 3.05) is 13.7 Å². The zero-order valence-electron chi connectivity index (χ0n) is 17.5. The predicted octanol–water partition coefficient (Wildman–Crippen LogP) is 5.27. The van der Waals surface area contributed by atoms with E-state index in [9.17, 15) is 9.59 Å². The van der Waals surface area contributed by atoms with Crippen LogP contribution >= 0.6 is 11.6 Å². The molecule has 2 rings (SSSR count). The van der Waals surface area contributed by atoms with E-state index >= 15 is 0 Å². The van der Waals surface area contributed by atoms with E-state index in [1.807, 2.05) is 0 Å². The molecule has 1 aliphatic rings. The van der Waals surface area contributed by atoms with Gasteiger partial charge in [0.15, 0.2) is 0 Å². The van der Waals surface area contributed by atoms with Crippen molar-refractivity contribution in [2.45, 2.75) is 64.8 Å². The maximum absolute atomic E-state index is 12.2. The quantitative estimate of drug-likeness (QED) is 0.376. The Bertz CT molecular complexity index is 748. The second kappa shape index (κ2) is 11.7. The first-order valence-electron chi connectivity index (χ1n) is 10.3. The van der Waals surface area contributed by atoms with E-state index < -0.39 is 18.0 Å². The zero-order chi connectivity index (χ0) is 21.2. The summed E-state index contributed by atoms with van der Waals surface area (Å²) in [5.74, 6) is 0.153. The van der Waals surface area contributed by atoms with Crippen molar-refractivity contribution in [3.05, 3.63) is 40.1 Å². The first-order chi connectivity index (χ1) is 14.0. The Kier molecular flexibility index (Phi) is 9.32. The van der Waals surface area contributed by atoms with Gasteiger partial charge in [0.25, 0.3) is 0 Å². The molecule has 29 heavy (non-hydrogen) atoms. The van der Waals surface area contributed by atoms with Crippen LogP contribution in [0.4, 0.5) is 4.79 Å². The van der Waals surface area contributed by atoms with Crippen molar-refractivity contribution in [3.63, 3.8) is 0 Å². The Morgan fingerprint density at radius 2 is 1.83 bits per heavy atom. The summed E-state index contributed by atoms with van der Waals surface area (Å²) >= 11 is 6.46. The Morgan fingerprint density at radius 1 is 1.14 bits per heavy atom. The number of hydrogen-bond acceptors (Lipinski definition) is 4. The number of unbranched alkanes of at least 4 members (excludes halogenated alkanes) is 6. The maximum atomic E-state index is 12.2. The predicted molar refractivity (Wildman–Crippen MR) is 114 cm³/mol. The number of hydrogen-bond donors (Lipinski definition) is 2. The summed E-state index contributed by atoms with van der Waals surface area (Å²) in [5, 5.41) is 5.75. The lowest BCUT2D eigenvalue weighted by Crippen LogP contribution is -2.45. The standard InChI is InChI=1S/C22H31ClN2O4/c1-4-5-6-7-8-9-10-13-29-16-11-12-17(18(23)14-16)20-19(21(26)28-3)15(2)24-22(27)25-20/h11-12,14,20H,4-10,13H2,1-3H3,(H2,24,25,27). The maximum Gasteiger partial charge on any atom is 0.337 e. The van der Waals surface area contributed by atoms with Crippen LogP contribution in [0.25, 0.3) is 0 Å². The van der Waals surface area contributed by atoms with Gasteiger partial charge in [-0.15, -0.1) is 0 Å². The summed E-state index contributed by atoms with van der Waals surface area (Å²) in [6.07, 6.45) is 8.56. The van der Waals surface area contributed by atoms with Gasteiger partial charge in [-0.1, -0.05) is 63.1 Å². The van der Waals surface area contributed by atoms with Gasteiger partial charge in [-0.2, -0.15) is 0 Å². The highest BCUT2D eigenvalue weighted by atomic mass is 35.5. The molecule has 0 saturated carbocycles. The van der Waals surface area contributed by atoms with Crippen LogP contribution in [0.1, 0.15) is 70.4 Å². The summed E-state index contributed by atoms with van der Waals surface area (Å²) in [6.45, 7) is 4.52. The molecule has 0 aromatic heterocycles. The lowest BCUT2D eigenvalue weighted by molar-refractivity contribution is -0.136. The molecule has 160 valence electrons. The number of methoxy groups -OCH3 is 1. The first kappa shape index (κ1) is 23.1. The van der Waals surface area contributed by atoms with Crippen LogP contribution in [0.5, 0.6) is 5.75 Å². The number of benzene rings is 1. The van der Waals surface area contributed by atoms with Crippen molar-refractivity contribution in [1.29, 1.82) is 0 Å². The summed E-state index contributed by atoms with van der Waals surface area (Å²) in [5.41, 5.74) is 1.39. The molecule has 1 aromatic rings. The minimum absolute atomic E-state index is 0.325. The number of nitrogens with one attached hydrogen (secondary N) is 2. The highest BCUT2D eigenvalue weighted by Gasteiger charge is 2.33. The number of halogens is 1. The third-order valence-corrected chi connectivity index (χ3v) is 5.30. The number of rotatable bonds is 11. The number of amides is 2. The fourth-order valence-corrected chi connectivity index (χ4v) is 3.67. The molecule has 7 heteroatoms. The Labute approximate surface area is 178 Å². The smallest absolute Gasteiger partial charge is 0.337 e. The number of allylic oxidation sites excluding steroid dienone is 1. The molecule has 0 saturated heterocycles. The molecule has 0 aliphatic carbocycles. The van der Waals surface area contributed by atoms with Crippen molar-refractivity contribution < 1.29 is 19.1 Å². The molecule has 2 N–H and O–H groups in total. The first-order valence-corrected chi connectivity index (χ1v) is 10.6. The van der Waals surface area contributed by atoms with Crippen LogP contribution < -0.4 is 15.4 Å². The molecule has 1 heterocycles. The molecule has 1 atom stereocenters. The molecule has 0 bridgehead atoms. The van der Waals surface area contributed by atoms with Gasteiger partial charge in [0.1, 0.15) is 5.75 Å². The fourth-order valence-electron chi connectivity index (χ4n) is 3.39. The van der Waals surface area contributed by atoms with E-state index in [2.05, 4.69) is 17.6 Å². The van der Waals surface area contributed by atoms with Gasteiger partial charge in [-0.25, -0.2) is 9.59 Å². The van der Waals surface area contributed by atoms with Gasteiger partial charge < -0.3 is 20.1 Å². The molecule has 1 aromatic carbocycles.